The van der Waals surface area contributed by atoms with Crippen LogP contribution in [-0.4, -0.2) is 63.5 Å². The Kier molecular flexibility index (Phi) is 9.55. The molecule has 1 aliphatic carbocycles. The summed E-state index contributed by atoms with van der Waals surface area (Å²) in [7, 11) is 0. The van der Waals surface area contributed by atoms with Crippen molar-refractivity contribution in [1.29, 1.82) is 0 Å². The molecule has 0 bridgehead atoms. The van der Waals surface area contributed by atoms with Crippen molar-refractivity contribution in [2.75, 3.05) is 5.73 Å². The number of nitrogen functional groups attached to an aromatic ring is 1. The number of non-ortho nitro benzene ring substituents is 1. The summed E-state index contributed by atoms with van der Waals surface area (Å²) in [5.41, 5.74) is 12.2. The molecule has 0 atom stereocenters. The fraction of sp³-hybridized carbons (Fsp3) is 0.200. The van der Waals surface area contributed by atoms with Gasteiger partial charge in [-0.15, -0.1) is 0 Å². The van der Waals surface area contributed by atoms with E-state index >= 15 is 0 Å². The van der Waals surface area contributed by atoms with Gasteiger partial charge in [-0.1, -0.05) is 48.2 Å². The summed E-state index contributed by atoms with van der Waals surface area (Å²) in [6.07, 6.45) is 8.11. The lowest BCUT2D eigenvalue weighted by molar-refractivity contribution is -0.384. The Labute approximate surface area is 337 Å². The number of nitrogens with two attached hydrogens (primary N) is 1. The van der Waals surface area contributed by atoms with Crippen LogP contribution < -0.4 is 16.9 Å². The Morgan fingerprint density at radius 2 is 1.53 bits per heavy atom. The molecule has 9 aromatic rings. The molecular formula is C40H34N14O4S. The normalized spacial score (nSPS) is 12.6. The van der Waals surface area contributed by atoms with Crippen molar-refractivity contribution in [3.63, 3.8) is 0 Å². The van der Waals surface area contributed by atoms with Crippen LogP contribution in [0.2, 0.25) is 0 Å². The highest BCUT2D eigenvalue weighted by Crippen LogP contribution is 2.35. The van der Waals surface area contributed by atoms with Gasteiger partial charge in [-0.25, -0.2) is 39.9 Å². The third kappa shape index (κ3) is 7.11. The molecule has 1 fully saturated rings. The number of aromatic amines is 1. The lowest BCUT2D eigenvalue weighted by Crippen LogP contribution is -2.26. The SMILES string of the molecule is Cc1cccc2nc(CSc3ncnc4nc[nH]c34)n(Cc3ccc([N+](=O)[O-])cc3)c(=O)c12.Cc1cccc2nc(Cn3cnc4c(N)ncnc43)n(C3CC3)c(=O)c12. The molecule has 0 unspecified atom stereocenters. The Hall–Kier alpha value is -7.41. The number of H-pyrrole nitrogens is 1. The number of imidazole rings is 2. The average Bonchev–Trinajstić information content (AvgIpc) is 3.78. The van der Waals surface area contributed by atoms with Gasteiger partial charge >= 0.3 is 0 Å². The maximum Gasteiger partial charge on any atom is 0.269 e. The molecule has 0 aliphatic heterocycles. The first-order valence-corrected chi connectivity index (χ1v) is 19.5. The monoisotopic (exact) mass is 806 g/mol. The van der Waals surface area contributed by atoms with Crippen molar-refractivity contribution in [3.05, 3.63) is 145 Å². The number of rotatable bonds is 9. The van der Waals surface area contributed by atoms with Gasteiger partial charge in [0.15, 0.2) is 17.1 Å². The minimum absolute atomic E-state index is 0.00157. The van der Waals surface area contributed by atoms with Gasteiger partial charge in [-0.3, -0.25) is 28.8 Å². The molecular weight excluding hydrogens is 773 g/mol. The van der Waals surface area contributed by atoms with Crippen LogP contribution in [0.1, 0.15) is 47.2 Å². The third-order valence-electron chi connectivity index (χ3n) is 10.1. The molecule has 1 saturated carbocycles. The van der Waals surface area contributed by atoms with E-state index < -0.39 is 4.92 Å². The quantitative estimate of drug-likeness (QED) is 0.0801. The van der Waals surface area contributed by atoms with Gasteiger partial charge in [-0.05, 0) is 55.5 Å². The molecule has 0 spiro atoms. The predicted molar refractivity (Wildman–Crippen MR) is 222 cm³/mol. The first-order chi connectivity index (χ1) is 28.6. The number of aryl methyl sites for hydroxylation is 2. The second-order valence-electron chi connectivity index (χ2n) is 14.1. The van der Waals surface area contributed by atoms with Crippen LogP contribution in [0.4, 0.5) is 11.5 Å². The molecule has 6 heterocycles. The van der Waals surface area contributed by atoms with Crippen molar-refractivity contribution >= 4 is 67.4 Å². The first kappa shape index (κ1) is 37.2. The summed E-state index contributed by atoms with van der Waals surface area (Å²) in [4.78, 5) is 75.0. The lowest BCUT2D eigenvalue weighted by atomic mass is 10.1. The number of nitrogens with zero attached hydrogens (tertiary/aromatic N) is 12. The Balaban J connectivity index is 0.000000156. The fourth-order valence-corrected chi connectivity index (χ4v) is 7.98. The minimum Gasteiger partial charge on any atom is -0.382 e. The van der Waals surface area contributed by atoms with E-state index in [-0.39, 0.29) is 29.4 Å². The van der Waals surface area contributed by atoms with Crippen LogP contribution in [0.5, 0.6) is 0 Å². The molecule has 59 heavy (non-hydrogen) atoms. The standard InChI is InChI=1S/C22H17N7O3S.C18H17N7O/c1-13-3-2-4-16-18(13)22(30)28(9-14-5-7-15(8-6-14)29(31)32)17(27-16)10-33-21-19-20(24-11-23-19)25-12-26-21;1-10-3-2-4-12-14(10)18(26)25(11-5-6-11)13(23-12)7-24-9-22-15-16(19)20-8-21-17(15)24/h2-8,11-12H,9-10H2,1H3,(H,23,24,25,26);2-4,8-9,11H,5-7H2,1H3,(H2,19,20,21). The van der Waals surface area contributed by atoms with Gasteiger partial charge in [0.2, 0.25) is 0 Å². The van der Waals surface area contributed by atoms with E-state index in [1.54, 1.807) is 29.4 Å². The van der Waals surface area contributed by atoms with Crippen LogP contribution in [0.15, 0.2) is 101 Å². The second-order valence-corrected chi connectivity index (χ2v) is 15.1. The zero-order valence-electron chi connectivity index (χ0n) is 31.7. The Morgan fingerprint density at radius 3 is 2.24 bits per heavy atom. The Morgan fingerprint density at radius 1 is 0.831 bits per heavy atom. The summed E-state index contributed by atoms with van der Waals surface area (Å²) < 4.78 is 5.32. The maximum atomic E-state index is 13.5. The van der Waals surface area contributed by atoms with E-state index in [1.807, 2.05) is 59.4 Å². The number of nitrogens with one attached hydrogen (secondary N) is 1. The summed E-state index contributed by atoms with van der Waals surface area (Å²) in [5.74, 6) is 2.02. The summed E-state index contributed by atoms with van der Waals surface area (Å²) in [6.45, 7) is 4.48. The Bertz CT molecular complexity index is 3210. The van der Waals surface area contributed by atoms with E-state index in [2.05, 4.69) is 34.9 Å². The highest BCUT2D eigenvalue weighted by Gasteiger charge is 2.29. The lowest BCUT2D eigenvalue weighted by Gasteiger charge is -2.14. The van der Waals surface area contributed by atoms with Gasteiger partial charge in [0.1, 0.15) is 40.4 Å². The molecule has 3 N–H and O–H groups in total. The van der Waals surface area contributed by atoms with Crippen molar-refractivity contribution in [2.24, 2.45) is 0 Å². The molecule has 6 aromatic heterocycles. The summed E-state index contributed by atoms with van der Waals surface area (Å²) >= 11 is 1.43. The molecule has 0 saturated heterocycles. The topological polar surface area (TPSA) is 237 Å². The molecule has 18 nitrogen and oxygen atoms in total. The van der Waals surface area contributed by atoms with Crippen LogP contribution >= 0.6 is 11.8 Å². The van der Waals surface area contributed by atoms with Crippen molar-refractivity contribution < 1.29 is 4.92 Å². The summed E-state index contributed by atoms with van der Waals surface area (Å²) in [5, 5.41) is 12.9. The molecule has 3 aromatic carbocycles. The number of hydrogen-bond acceptors (Lipinski definition) is 14. The molecule has 1 aliphatic rings. The predicted octanol–water partition coefficient (Wildman–Crippen LogP) is 5.43. The maximum absolute atomic E-state index is 13.5. The molecule has 0 amide bonds. The van der Waals surface area contributed by atoms with Crippen LogP contribution in [0, 0.1) is 24.0 Å². The van der Waals surface area contributed by atoms with E-state index in [0.29, 0.717) is 67.9 Å². The number of thioether (sulfide) groups is 1. The van der Waals surface area contributed by atoms with Gasteiger partial charge in [0.05, 0.1) is 58.2 Å². The number of aromatic nitrogens is 12. The first-order valence-electron chi connectivity index (χ1n) is 18.6. The number of nitro groups is 1. The average molecular weight is 807 g/mol. The second kappa shape index (κ2) is 15.2. The number of fused-ring (bicyclic) bond motifs is 4. The third-order valence-corrected chi connectivity index (χ3v) is 11.1. The van der Waals surface area contributed by atoms with E-state index in [4.69, 9.17) is 15.7 Å². The number of hydrogen-bond donors (Lipinski definition) is 2. The van der Waals surface area contributed by atoms with E-state index in [1.165, 1.54) is 36.5 Å². The highest BCUT2D eigenvalue weighted by atomic mass is 32.2. The molecule has 10 rings (SSSR count). The van der Waals surface area contributed by atoms with Crippen molar-refractivity contribution in [2.45, 2.75) is 56.6 Å². The van der Waals surface area contributed by atoms with E-state index in [9.17, 15) is 19.7 Å². The number of benzene rings is 3. The summed E-state index contributed by atoms with van der Waals surface area (Å²) in [6, 6.07) is 17.7. The molecule has 294 valence electrons. The minimum atomic E-state index is -0.448. The van der Waals surface area contributed by atoms with Gasteiger partial charge in [0.25, 0.3) is 16.8 Å². The van der Waals surface area contributed by atoms with Crippen molar-refractivity contribution in [1.82, 2.24) is 58.6 Å². The number of nitro benzene ring substituents is 1. The molecule has 19 heteroatoms. The number of anilines is 1. The smallest absolute Gasteiger partial charge is 0.269 e. The molecule has 0 radical (unpaired) electrons. The fourth-order valence-electron chi connectivity index (χ4n) is 7.08. The van der Waals surface area contributed by atoms with Crippen LogP contribution in [0.3, 0.4) is 0 Å². The highest BCUT2D eigenvalue weighted by molar-refractivity contribution is 7.98. The zero-order chi connectivity index (χ0) is 40.8. The van der Waals surface area contributed by atoms with Gasteiger partial charge in [0, 0.05) is 18.2 Å². The van der Waals surface area contributed by atoms with Gasteiger partial charge < -0.3 is 15.3 Å². The zero-order valence-corrected chi connectivity index (χ0v) is 32.5. The van der Waals surface area contributed by atoms with Crippen LogP contribution in [0.25, 0.3) is 44.1 Å². The van der Waals surface area contributed by atoms with Crippen molar-refractivity contribution in [3.8, 4) is 0 Å². The van der Waals surface area contributed by atoms with Crippen LogP contribution in [-0.2, 0) is 18.8 Å². The largest absolute Gasteiger partial charge is 0.382 e. The van der Waals surface area contributed by atoms with E-state index in [0.717, 1.165) is 40.6 Å². The van der Waals surface area contributed by atoms with Gasteiger partial charge in [-0.2, -0.15) is 0 Å².